The number of nitrogens with one attached hydrogen (secondary N) is 2. The maximum Gasteiger partial charge on any atom is 0.261 e. The van der Waals surface area contributed by atoms with Crippen LogP contribution in [0.15, 0.2) is 47.4 Å². The number of carbonyl (C=O) groups is 1. The van der Waals surface area contributed by atoms with E-state index in [2.05, 4.69) is 17.0 Å². The van der Waals surface area contributed by atoms with Crippen LogP contribution in [0.5, 0.6) is 0 Å². The summed E-state index contributed by atoms with van der Waals surface area (Å²) < 4.78 is 27.6. The quantitative estimate of drug-likeness (QED) is 0.766. The fraction of sp³-hybridized carbons (Fsp3) is 0.278. The first-order valence-electron chi connectivity index (χ1n) is 8.00. The maximum atomic E-state index is 12.5. The van der Waals surface area contributed by atoms with E-state index in [4.69, 9.17) is 11.6 Å². The number of hydrogen-bond acceptors (Lipinski definition) is 3. The highest BCUT2D eigenvalue weighted by molar-refractivity contribution is 7.92. The minimum absolute atomic E-state index is 0.0226. The zero-order valence-electron chi connectivity index (χ0n) is 14.2. The minimum atomic E-state index is -3.81. The Balaban J connectivity index is 2.23. The zero-order valence-corrected chi connectivity index (χ0v) is 15.7. The van der Waals surface area contributed by atoms with Crippen LogP contribution < -0.4 is 10.0 Å². The molecule has 0 saturated carbocycles. The lowest BCUT2D eigenvalue weighted by molar-refractivity contribution is 0.0963. The van der Waals surface area contributed by atoms with Gasteiger partial charge in [-0.1, -0.05) is 37.1 Å². The number of unbranched alkanes of at least 4 members (excludes halogenated alkanes) is 1. The highest BCUT2D eigenvalue weighted by Crippen LogP contribution is 2.23. The molecule has 25 heavy (non-hydrogen) atoms. The molecule has 0 aliphatic heterocycles. The van der Waals surface area contributed by atoms with Crippen molar-refractivity contribution in [2.24, 2.45) is 0 Å². The molecular formula is C18H21ClN2O3S. The molecule has 0 fully saturated rings. The molecule has 0 radical (unpaired) electrons. The number of hydrogen-bond donors (Lipinski definition) is 2. The Morgan fingerprint density at radius 1 is 1.12 bits per heavy atom. The molecule has 2 N–H and O–H groups in total. The van der Waals surface area contributed by atoms with Crippen LogP contribution in [0.1, 0.15) is 35.7 Å². The topological polar surface area (TPSA) is 75.3 Å². The van der Waals surface area contributed by atoms with Gasteiger partial charge in [0.1, 0.15) is 0 Å². The molecule has 2 aromatic rings. The molecule has 1 amide bonds. The number of carbonyl (C=O) groups excluding carboxylic acids is 1. The van der Waals surface area contributed by atoms with E-state index in [0.29, 0.717) is 5.69 Å². The van der Waals surface area contributed by atoms with Crippen LogP contribution in [0.25, 0.3) is 0 Å². The zero-order chi connectivity index (χ0) is 18.4. The second-order valence-electron chi connectivity index (χ2n) is 5.63. The molecule has 0 spiro atoms. The third-order valence-electron chi connectivity index (χ3n) is 3.74. The highest BCUT2D eigenvalue weighted by atomic mass is 35.5. The largest absolute Gasteiger partial charge is 0.355 e. The van der Waals surface area contributed by atoms with Crippen molar-refractivity contribution in [3.05, 3.63) is 58.6 Å². The SMILES string of the molecule is CCCCc1ccc(NS(=O)(=O)c2ccc(Cl)c(C(=O)NC)c2)cc1. The van der Waals surface area contributed by atoms with Crippen LogP contribution in [-0.4, -0.2) is 21.4 Å². The third kappa shape index (κ3) is 4.96. The molecule has 5 nitrogen and oxygen atoms in total. The Labute approximate surface area is 153 Å². The van der Waals surface area contributed by atoms with E-state index >= 15 is 0 Å². The lowest BCUT2D eigenvalue weighted by atomic mass is 10.1. The normalized spacial score (nSPS) is 11.2. The molecule has 134 valence electrons. The van der Waals surface area contributed by atoms with Crippen molar-refractivity contribution in [3.8, 4) is 0 Å². The first-order valence-corrected chi connectivity index (χ1v) is 9.87. The van der Waals surface area contributed by atoms with Gasteiger partial charge in [0.15, 0.2) is 0 Å². The van der Waals surface area contributed by atoms with E-state index in [1.807, 2.05) is 12.1 Å². The number of halogens is 1. The standard InChI is InChI=1S/C18H21ClN2O3S/c1-3-4-5-13-6-8-14(9-7-13)21-25(23,24)15-10-11-17(19)16(12-15)18(22)20-2/h6-12,21H,3-5H2,1-2H3,(H,20,22). The smallest absolute Gasteiger partial charge is 0.261 e. The molecule has 2 aromatic carbocycles. The summed E-state index contributed by atoms with van der Waals surface area (Å²) in [6.07, 6.45) is 3.17. The predicted molar refractivity (Wildman–Crippen MR) is 101 cm³/mol. The third-order valence-corrected chi connectivity index (χ3v) is 5.45. The summed E-state index contributed by atoms with van der Waals surface area (Å²) in [7, 11) is -2.36. The second-order valence-corrected chi connectivity index (χ2v) is 7.72. The van der Waals surface area contributed by atoms with Crippen molar-refractivity contribution in [2.75, 3.05) is 11.8 Å². The fourth-order valence-electron chi connectivity index (χ4n) is 2.31. The van der Waals surface area contributed by atoms with Gasteiger partial charge >= 0.3 is 0 Å². The monoisotopic (exact) mass is 380 g/mol. The van der Waals surface area contributed by atoms with Crippen LogP contribution in [0.3, 0.4) is 0 Å². The van der Waals surface area contributed by atoms with Gasteiger partial charge in [-0.25, -0.2) is 8.42 Å². The molecule has 0 atom stereocenters. The average molecular weight is 381 g/mol. The summed E-state index contributed by atoms with van der Waals surface area (Å²) >= 11 is 5.96. The molecular weight excluding hydrogens is 360 g/mol. The fourth-order valence-corrected chi connectivity index (χ4v) is 3.60. The van der Waals surface area contributed by atoms with Gasteiger partial charge in [-0.2, -0.15) is 0 Å². The number of aryl methyl sites for hydroxylation is 1. The summed E-state index contributed by atoms with van der Waals surface area (Å²) in [4.78, 5) is 11.8. The van der Waals surface area contributed by atoms with E-state index in [9.17, 15) is 13.2 Å². The maximum absolute atomic E-state index is 12.5. The van der Waals surface area contributed by atoms with Gasteiger partial charge in [-0.15, -0.1) is 0 Å². The van der Waals surface area contributed by atoms with Crippen molar-refractivity contribution >= 4 is 33.2 Å². The van der Waals surface area contributed by atoms with E-state index in [0.717, 1.165) is 24.8 Å². The van der Waals surface area contributed by atoms with Gasteiger partial charge in [-0.3, -0.25) is 9.52 Å². The molecule has 0 aromatic heterocycles. The van der Waals surface area contributed by atoms with Gasteiger partial charge in [-0.05, 0) is 48.7 Å². The van der Waals surface area contributed by atoms with Crippen molar-refractivity contribution in [3.63, 3.8) is 0 Å². The van der Waals surface area contributed by atoms with Gasteiger partial charge in [0.25, 0.3) is 15.9 Å². The number of anilines is 1. The molecule has 0 aliphatic rings. The Kier molecular flexibility index (Phi) is 6.45. The molecule has 0 unspecified atom stereocenters. The number of amides is 1. The lowest BCUT2D eigenvalue weighted by Gasteiger charge is -2.11. The van der Waals surface area contributed by atoms with Crippen molar-refractivity contribution in [1.29, 1.82) is 0 Å². The molecule has 7 heteroatoms. The van der Waals surface area contributed by atoms with Gasteiger partial charge in [0.2, 0.25) is 0 Å². The van der Waals surface area contributed by atoms with Crippen molar-refractivity contribution < 1.29 is 13.2 Å². The number of sulfonamides is 1. The summed E-state index contributed by atoms with van der Waals surface area (Å²) in [5, 5.41) is 2.63. The van der Waals surface area contributed by atoms with E-state index in [-0.39, 0.29) is 15.5 Å². The minimum Gasteiger partial charge on any atom is -0.355 e. The van der Waals surface area contributed by atoms with Crippen LogP contribution in [0.2, 0.25) is 5.02 Å². The summed E-state index contributed by atoms with van der Waals surface area (Å²) in [5.74, 6) is -0.442. The Morgan fingerprint density at radius 3 is 2.40 bits per heavy atom. The summed E-state index contributed by atoms with van der Waals surface area (Å²) in [6, 6.07) is 11.3. The number of rotatable bonds is 7. The van der Waals surface area contributed by atoms with E-state index in [1.165, 1.54) is 25.2 Å². The Morgan fingerprint density at radius 2 is 1.80 bits per heavy atom. The average Bonchev–Trinajstić information content (AvgIpc) is 2.60. The van der Waals surface area contributed by atoms with Gasteiger partial charge in [0.05, 0.1) is 15.5 Å². The van der Waals surface area contributed by atoms with Crippen molar-refractivity contribution in [2.45, 2.75) is 31.1 Å². The highest BCUT2D eigenvalue weighted by Gasteiger charge is 2.18. The van der Waals surface area contributed by atoms with E-state index < -0.39 is 15.9 Å². The summed E-state index contributed by atoms with van der Waals surface area (Å²) in [6.45, 7) is 2.13. The second kappa shape index (κ2) is 8.36. The van der Waals surface area contributed by atoms with Gasteiger partial charge in [0, 0.05) is 12.7 Å². The molecule has 0 heterocycles. The summed E-state index contributed by atoms with van der Waals surface area (Å²) in [5.41, 5.74) is 1.75. The van der Waals surface area contributed by atoms with E-state index in [1.54, 1.807) is 12.1 Å². The van der Waals surface area contributed by atoms with Crippen LogP contribution in [-0.2, 0) is 16.4 Å². The Hall–Kier alpha value is -2.05. The molecule has 0 saturated heterocycles. The van der Waals surface area contributed by atoms with Crippen LogP contribution in [0, 0.1) is 0 Å². The Bertz CT molecular complexity index is 849. The molecule has 0 aliphatic carbocycles. The molecule has 2 rings (SSSR count). The molecule has 0 bridgehead atoms. The predicted octanol–water partition coefficient (Wildman–Crippen LogP) is 3.84. The first kappa shape index (κ1) is 19.3. The van der Waals surface area contributed by atoms with Crippen LogP contribution in [0.4, 0.5) is 5.69 Å². The lowest BCUT2D eigenvalue weighted by Crippen LogP contribution is -2.19. The first-order chi connectivity index (χ1) is 11.9. The van der Waals surface area contributed by atoms with Crippen molar-refractivity contribution in [1.82, 2.24) is 5.32 Å². The van der Waals surface area contributed by atoms with Crippen LogP contribution >= 0.6 is 11.6 Å². The van der Waals surface area contributed by atoms with Gasteiger partial charge < -0.3 is 5.32 Å². The number of benzene rings is 2.